The number of hydrogen-bond acceptors (Lipinski definition) is 6. The number of ether oxygens (including phenoxy) is 1. The summed E-state index contributed by atoms with van der Waals surface area (Å²) in [6.07, 6.45) is 0.234. The van der Waals surface area contributed by atoms with Gasteiger partial charge in [0.05, 0.1) is 25.5 Å². The van der Waals surface area contributed by atoms with E-state index in [1.807, 2.05) is 0 Å². The summed E-state index contributed by atoms with van der Waals surface area (Å²) in [4.78, 5) is 53.4. The van der Waals surface area contributed by atoms with E-state index in [0.717, 1.165) is 5.56 Å². The third kappa shape index (κ3) is 3.26. The van der Waals surface area contributed by atoms with Gasteiger partial charge < -0.3 is 15.8 Å². The number of nitrogens with two attached hydrogens (primary N) is 1. The summed E-state index contributed by atoms with van der Waals surface area (Å²) in [6, 6.07) is 11.4. The third-order valence-electron chi connectivity index (χ3n) is 6.97. The second-order valence-electron chi connectivity index (χ2n) is 8.82. The maximum atomic E-state index is 13.7. The van der Waals surface area contributed by atoms with Gasteiger partial charge in [-0.15, -0.1) is 0 Å². The molecule has 4 atom stereocenters. The van der Waals surface area contributed by atoms with E-state index in [0.29, 0.717) is 22.0 Å². The molecule has 2 saturated heterocycles. The number of fused-ring (bicyclic) bond motifs is 4. The van der Waals surface area contributed by atoms with Gasteiger partial charge in [-0.1, -0.05) is 23.7 Å². The number of primary amides is 1. The molecule has 34 heavy (non-hydrogen) atoms. The zero-order valence-corrected chi connectivity index (χ0v) is 19.1. The van der Waals surface area contributed by atoms with Crippen molar-refractivity contribution in [2.75, 3.05) is 12.4 Å². The Balaban J connectivity index is 1.56. The van der Waals surface area contributed by atoms with Crippen LogP contribution in [0.4, 0.5) is 5.69 Å². The van der Waals surface area contributed by atoms with Gasteiger partial charge in [-0.05, 0) is 42.3 Å². The van der Waals surface area contributed by atoms with Gasteiger partial charge in [0.2, 0.25) is 23.6 Å². The number of rotatable bonds is 6. The molecule has 1 spiro atoms. The Morgan fingerprint density at radius 3 is 2.56 bits per heavy atom. The molecule has 10 heteroatoms. The van der Waals surface area contributed by atoms with Crippen molar-refractivity contribution in [2.45, 2.75) is 31.0 Å². The predicted octanol–water partition coefficient (Wildman–Crippen LogP) is 1.53. The fourth-order valence-electron chi connectivity index (χ4n) is 5.45. The van der Waals surface area contributed by atoms with Crippen molar-refractivity contribution >= 4 is 40.9 Å². The average Bonchev–Trinajstić information content (AvgIpc) is 3.39. The van der Waals surface area contributed by atoms with E-state index in [-0.39, 0.29) is 25.3 Å². The molecule has 5 rings (SSSR count). The molecule has 4 N–H and O–H groups in total. The van der Waals surface area contributed by atoms with E-state index in [4.69, 9.17) is 22.1 Å². The Labute approximate surface area is 200 Å². The molecule has 176 valence electrons. The van der Waals surface area contributed by atoms with E-state index in [9.17, 15) is 19.2 Å². The van der Waals surface area contributed by atoms with Crippen molar-refractivity contribution < 1.29 is 23.9 Å². The molecular weight excluding hydrogens is 460 g/mol. The van der Waals surface area contributed by atoms with Crippen LogP contribution < -0.4 is 21.1 Å². The predicted molar refractivity (Wildman–Crippen MR) is 123 cm³/mol. The number of likely N-dealkylation sites (tertiary alicyclic amines) is 1. The standard InChI is InChI=1S/C24H23ClN4O5/c1-34-14-5-2-12(3-6-14)11-29-21(31)19-17(8-9-18(26)30)28-24(20(19)22(29)32)15-10-13(25)4-7-16(15)27-23(24)33/h2-7,10,17,19-20,28H,8-9,11H2,1H3,(H2,26,30)(H,27,33)/t17-,19+,20-,24+/m0/s1. The second kappa shape index (κ2) is 8.11. The molecule has 2 fully saturated rings. The molecule has 0 radical (unpaired) electrons. The summed E-state index contributed by atoms with van der Waals surface area (Å²) in [7, 11) is 1.55. The molecule has 0 aliphatic carbocycles. The monoisotopic (exact) mass is 482 g/mol. The van der Waals surface area contributed by atoms with Gasteiger partial charge in [0, 0.05) is 28.7 Å². The van der Waals surface area contributed by atoms with Crippen LogP contribution in [0, 0.1) is 11.8 Å². The first-order valence-corrected chi connectivity index (χ1v) is 11.3. The summed E-state index contributed by atoms with van der Waals surface area (Å²) in [5.41, 5.74) is 5.69. The van der Waals surface area contributed by atoms with Crippen molar-refractivity contribution in [1.82, 2.24) is 10.2 Å². The fourth-order valence-corrected chi connectivity index (χ4v) is 5.62. The molecule has 0 unspecified atom stereocenters. The highest BCUT2D eigenvalue weighted by Gasteiger charge is 2.70. The normalized spacial score (nSPS) is 27.2. The number of imide groups is 1. The minimum atomic E-state index is -1.46. The molecule has 0 aromatic heterocycles. The highest BCUT2D eigenvalue weighted by Crippen LogP contribution is 2.54. The lowest BCUT2D eigenvalue weighted by Gasteiger charge is -2.29. The molecule has 9 nitrogen and oxygen atoms in total. The van der Waals surface area contributed by atoms with Crippen LogP contribution in [0.5, 0.6) is 5.75 Å². The number of carbonyl (C=O) groups is 4. The van der Waals surface area contributed by atoms with Crippen LogP contribution in [0.2, 0.25) is 5.02 Å². The van der Waals surface area contributed by atoms with Crippen molar-refractivity contribution in [3.8, 4) is 5.75 Å². The number of amides is 4. The van der Waals surface area contributed by atoms with Gasteiger partial charge in [0.25, 0.3) is 0 Å². The van der Waals surface area contributed by atoms with Gasteiger partial charge in [0.15, 0.2) is 0 Å². The fraction of sp³-hybridized carbons (Fsp3) is 0.333. The molecule has 0 bridgehead atoms. The molecular formula is C24H23ClN4O5. The molecule has 2 aromatic rings. The van der Waals surface area contributed by atoms with Crippen LogP contribution in [0.15, 0.2) is 42.5 Å². The van der Waals surface area contributed by atoms with Gasteiger partial charge in [-0.25, -0.2) is 0 Å². The molecule has 4 amide bonds. The summed E-state index contributed by atoms with van der Waals surface area (Å²) in [5.74, 6) is -2.91. The lowest BCUT2D eigenvalue weighted by molar-refractivity contribution is -0.143. The number of carbonyl (C=O) groups excluding carboxylic acids is 4. The van der Waals surface area contributed by atoms with Crippen molar-refractivity contribution in [2.24, 2.45) is 17.6 Å². The minimum Gasteiger partial charge on any atom is -0.497 e. The van der Waals surface area contributed by atoms with Gasteiger partial charge >= 0.3 is 0 Å². The quantitative estimate of drug-likeness (QED) is 0.535. The molecule has 3 aliphatic rings. The van der Waals surface area contributed by atoms with E-state index < -0.39 is 41.1 Å². The molecule has 2 aromatic carbocycles. The largest absolute Gasteiger partial charge is 0.497 e. The highest BCUT2D eigenvalue weighted by molar-refractivity contribution is 6.31. The zero-order chi connectivity index (χ0) is 24.2. The number of nitrogens with one attached hydrogen (secondary N) is 2. The SMILES string of the molecule is COc1ccc(CN2C(=O)[C@@H]3[C@H](CCC(N)=O)N[C@@]4(C(=O)Nc5ccc(Cl)cc54)[C@@H]3C2=O)cc1. The number of methoxy groups -OCH3 is 1. The van der Waals surface area contributed by atoms with E-state index in [1.54, 1.807) is 49.6 Å². The van der Waals surface area contributed by atoms with Crippen LogP contribution in [0.3, 0.4) is 0 Å². The van der Waals surface area contributed by atoms with Crippen LogP contribution in [-0.4, -0.2) is 41.7 Å². The number of nitrogens with zero attached hydrogens (tertiary/aromatic N) is 1. The lowest BCUT2D eigenvalue weighted by atomic mass is 9.76. The van der Waals surface area contributed by atoms with Crippen molar-refractivity contribution in [1.29, 1.82) is 0 Å². The van der Waals surface area contributed by atoms with E-state index in [2.05, 4.69) is 10.6 Å². The Morgan fingerprint density at radius 1 is 1.15 bits per heavy atom. The maximum Gasteiger partial charge on any atom is 0.250 e. The summed E-state index contributed by atoms with van der Waals surface area (Å²) in [5, 5.41) is 6.48. The summed E-state index contributed by atoms with van der Waals surface area (Å²) >= 11 is 6.24. The maximum absolute atomic E-state index is 13.7. The number of hydrogen-bond donors (Lipinski definition) is 3. The highest BCUT2D eigenvalue weighted by atomic mass is 35.5. The van der Waals surface area contributed by atoms with E-state index in [1.165, 1.54) is 4.90 Å². The number of benzene rings is 2. The number of halogens is 1. The Hall–Kier alpha value is -3.43. The molecule has 3 aliphatic heterocycles. The molecule has 0 saturated carbocycles. The van der Waals surface area contributed by atoms with Crippen LogP contribution in [0.1, 0.15) is 24.0 Å². The average molecular weight is 483 g/mol. The van der Waals surface area contributed by atoms with Crippen molar-refractivity contribution in [3.05, 3.63) is 58.6 Å². The zero-order valence-electron chi connectivity index (χ0n) is 18.3. The molecule has 3 heterocycles. The summed E-state index contributed by atoms with van der Waals surface area (Å²) in [6.45, 7) is 0.0668. The first-order chi connectivity index (χ1) is 16.3. The summed E-state index contributed by atoms with van der Waals surface area (Å²) < 4.78 is 5.17. The van der Waals surface area contributed by atoms with Crippen LogP contribution >= 0.6 is 11.6 Å². The topological polar surface area (TPSA) is 131 Å². The van der Waals surface area contributed by atoms with Crippen LogP contribution in [0.25, 0.3) is 0 Å². The first-order valence-electron chi connectivity index (χ1n) is 10.9. The Kier molecular flexibility index (Phi) is 5.33. The number of anilines is 1. The smallest absolute Gasteiger partial charge is 0.250 e. The lowest BCUT2D eigenvalue weighted by Crippen LogP contribution is -2.53. The van der Waals surface area contributed by atoms with E-state index >= 15 is 0 Å². The van der Waals surface area contributed by atoms with Gasteiger partial charge in [-0.3, -0.25) is 29.4 Å². The first kappa shape index (κ1) is 22.4. The second-order valence-corrected chi connectivity index (χ2v) is 9.26. The minimum absolute atomic E-state index is 0.0148. The third-order valence-corrected chi connectivity index (χ3v) is 7.20. The van der Waals surface area contributed by atoms with Gasteiger partial charge in [-0.2, -0.15) is 0 Å². The van der Waals surface area contributed by atoms with Gasteiger partial charge in [0.1, 0.15) is 11.3 Å². The van der Waals surface area contributed by atoms with Crippen molar-refractivity contribution in [3.63, 3.8) is 0 Å². The van der Waals surface area contributed by atoms with Crippen LogP contribution in [-0.2, 0) is 31.3 Å². The Morgan fingerprint density at radius 2 is 1.88 bits per heavy atom. The Bertz CT molecular complexity index is 1220.